The quantitative estimate of drug-likeness (QED) is 0.656. The molecule has 0 radical (unpaired) electrons. The lowest BCUT2D eigenvalue weighted by Crippen LogP contribution is -2.03. The number of alkyl halides is 2. The highest BCUT2D eigenvalue weighted by molar-refractivity contribution is 7.99. The average molecular weight is 313 g/mol. The first-order chi connectivity index (χ1) is 10.0. The number of halogens is 2. The predicted octanol–water partition coefficient (Wildman–Crippen LogP) is 2.66. The summed E-state index contributed by atoms with van der Waals surface area (Å²) in [6, 6.07) is 1.32. The van der Waals surface area contributed by atoms with Crippen LogP contribution in [0.3, 0.4) is 0 Å². The molecule has 2 rings (SSSR count). The Balaban J connectivity index is 2.45. The van der Waals surface area contributed by atoms with Crippen molar-refractivity contribution in [2.75, 3.05) is 12.3 Å². The third kappa shape index (κ3) is 3.76. The maximum absolute atomic E-state index is 13.0. The van der Waals surface area contributed by atoms with Crippen LogP contribution in [0.15, 0.2) is 17.4 Å². The Hall–Kier alpha value is -1.54. The molecule has 0 atom stereocenters. The van der Waals surface area contributed by atoms with Crippen LogP contribution in [0.1, 0.15) is 24.7 Å². The van der Waals surface area contributed by atoms with Gasteiger partial charge in [0.15, 0.2) is 5.16 Å². The summed E-state index contributed by atoms with van der Waals surface area (Å²) in [7, 11) is 0. The lowest BCUT2D eigenvalue weighted by atomic mass is 10.2. The van der Waals surface area contributed by atoms with E-state index in [9.17, 15) is 8.78 Å². The standard InChI is InChI=1S/C13H17F2N5S/c1-3-20-7-9(8(2)19-20)10-6-11(12(14)15)18-13(17-10)21-5-4-16/h6-7,12H,3-5,16H2,1-2H3. The maximum atomic E-state index is 13.0. The lowest BCUT2D eigenvalue weighted by molar-refractivity contribution is 0.145. The molecule has 0 aliphatic heterocycles. The zero-order valence-corrected chi connectivity index (χ0v) is 12.7. The Kier molecular flexibility index (Phi) is 5.24. The molecule has 0 unspecified atom stereocenters. The monoisotopic (exact) mass is 313 g/mol. The van der Waals surface area contributed by atoms with Gasteiger partial charge >= 0.3 is 0 Å². The largest absolute Gasteiger partial charge is 0.330 e. The van der Waals surface area contributed by atoms with Gasteiger partial charge < -0.3 is 5.73 Å². The molecule has 0 fully saturated rings. The van der Waals surface area contributed by atoms with Gasteiger partial charge in [0.1, 0.15) is 5.69 Å². The number of aromatic nitrogens is 4. The van der Waals surface area contributed by atoms with E-state index in [0.29, 0.717) is 29.7 Å². The van der Waals surface area contributed by atoms with Crippen LogP contribution in [0, 0.1) is 6.92 Å². The molecule has 21 heavy (non-hydrogen) atoms. The summed E-state index contributed by atoms with van der Waals surface area (Å²) < 4.78 is 27.7. The average Bonchev–Trinajstić information content (AvgIpc) is 2.86. The first-order valence-corrected chi connectivity index (χ1v) is 7.58. The van der Waals surface area contributed by atoms with E-state index in [-0.39, 0.29) is 5.69 Å². The number of nitrogens with two attached hydrogens (primary N) is 1. The third-order valence-corrected chi connectivity index (χ3v) is 3.72. The minimum atomic E-state index is -2.63. The molecule has 2 aromatic heterocycles. The van der Waals surface area contributed by atoms with Crippen molar-refractivity contribution in [3.63, 3.8) is 0 Å². The van der Waals surface area contributed by atoms with Gasteiger partial charge in [-0.25, -0.2) is 18.7 Å². The Morgan fingerprint density at radius 1 is 1.38 bits per heavy atom. The summed E-state index contributed by atoms with van der Waals surface area (Å²) in [4.78, 5) is 8.21. The first-order valence-electron chi connectivity index (χ1n) is 6.59. The summed E-state index contributed by atoms with van der Waals surface area (Å²) >= 11 is 1.27. The van der Waals surface area contributed by atoms with Gasteiger partial charge in [0.05, 0.1) is 11.4 Å². The number of nitrogens with zero attached hydrogens (tertiary/aromatic N) is 4. The molecule has 114 valence electrons. The van der Waals surface area contributed by atoms with E-state index in [1.165, 1.54) is 17.8 Å². The van der Waals surface area contributed by atoms with Crippen molar-refractivity contribution in [2.24, 2.45) is 5.73 Å². The Morgan fingerprint density at radius 3 is 2.71 bits per heavy atom. The SMILES string of the molecule is CCn1cc(-c2cc(C(F)F)nc(SCCN)n2)c(C)n1. The van der Waals surface area contributed by atoms with Crippen LogP contribution in [-0.2, 0) is 6.54 Å². The van der Waals surface area contributed by atoms with Crippen molar-refractivity contribution in [3.8, 4) is 11.3 Å². The van der Waals surface area contributed by atoms with Crippen molar-refractivity contribution < 1.29 is 8.78 Å². The number of rotatable bonds is 6. The van der Waals surface area contributed by atoms with E-state index in [0.717, 1.165) is 11.3 Å². The predicted molar refractivity (Wildman–Crippen MR) is 78.4 cm³/mol. The van der Waals surface area contributed by atoms with Crippen LogP contribution in [-0.4, -0.2) is 32.0 Å². The molecule has 0 saturated heterocycles. The third-order valence-electron chi connectivity index (χ3n) is 2.84. The minimum Gasteiger partial charge on any atom is -0.330 e. The van der Waals surface area contributed by atoms with E-state index in [1.807, 2.05) is 20.0 Å². The van der Waals surface area contributed by atoms with Crippen molar-refractivity contribution in [3.05, 3.63) is 23.7 Å². The van der Waals surface area contributed by atoms with Crippen LogP contribution in [0.25, 0.3) is 11.3 Å². The summed E-state index contributed by atoms with van der Waals surface area (Å²) in [5, 5.41) is 4.63. The van der Waals surface area contributed by atoms with Crippen molar-refractivity contribution >= 4 is 11.8 Å². The molecular weight excluding hydrogens is 296 g/mol. The van der Waals surface area contributed by atoms with Crippen LogP contribution in [0.2, 0.25) is 0 Å². The fraction of sp³-hybridized carbons (Fsp3) is 0.462. The van der Waals surface area contributed by atoms with Crippen molar-refractivity contribution in [2.45, 2.75) is 32.0 Å². The van der Waals surface area contributed by atoms with E-state index in [1.54, 1.807) is 4.68 Å². The molecule has 0 spiro atoms. The van der Waals surface area contributed by atoms with Crippen LogP contribution in [0.4, 0.5) is 8.78 Å². The maximum Gasteiger partial charge on any atom is 0.280 e. The highest BCUT2D eigenvalue weighted by atomic mass is 32.2. The summed E-state index contributed by atoms with van der Waals surface area (Å²) in [6.45, 7) is 4.94. The summed E-state index contributed by atoms with van der Waals surface area (Å²) in [5.41, 5.74) is 7.13. The number of hydrogen-bond acceptors (Lipinski definition) is 5. The smallest absolute Gasteiger partial charge is 0.280 e. The van der Waals surface area contributed by atoms with E-state index >= 15 is 0 Å². The molecular formula is C13H17F2N5S. The van der Waals surface area contributed by atoms with E-state index in [2.05, 4.69) is 15.1 Å². The normalized spacial score (nSPS) is 11.3. The Labute approximate surface area is 126 Å². The second-order valence-corrected chi connectivity index (χ2v) is 5.44. The van der Waals surface area contributed by atoms with Gasteiger partial charge in [-0.3, -0.25) is 4.68 Å². The molecule has 0 amide bonds. The summed E-state index contributed by atoms with van der Waals surface area (Å²) in [6.07, 6.45) is -0.824. The minimum absolute atomic E-state index is 0.275. The highest BCUT2D eigenvalue weighted by Gasteiger charge is 2.16. The van der Waals surface area contributed by atoms with E-state index in [4.69, 9.17) is 5.73 Å². The Bertz CT molecular complexity index is 615. The van der Waals surface area contributed by atoms with Crippen LogP contribution >= 0.6 is 11.8 Å². The fourth-order valence-electron chi connectivity index (χ4n) is 1.84. The zero-order chi connectivity index (χ0) is 15.4. The van der Waals surface area contributed by atoms with Gasteiger partial charge in [-0.2, -0.15) is 5.10 Å². The van der Waals surface area contributed by atoms with Gasteiger partial charge in [-0.1, -0.05) is 11.8 Å². The highest BCUT2D eigenvalue weighted by Crippen LogP contribution is 2.27. The molecule has 0 aromatic carbocycles. The lowest BCUT2D eigenvalue weighted by Gasteiger charge is -2.06. The second kappa shape index (κ2) is 6.95. The molecule has 2 N–H and O–H groups in total. The molecule has 2 aromatic rings. The van der Waals surface area contributed by atoms with Gasteiger partial charge in [0, 0.05) is 30.6 Å². The van der Waals surface area contributed by atoms with Crippen molar-refractivity contribution in [1.82, 2.24) is 19.7 Å². The fourth-order valence-corrected chi connectivity index (χ4v) is 2.47. The number of thioether (sulfide) groups is 1. The van der Waals surface area contributed by atoms with Gasteiger partial charge in [-0.05, 0) is 19.9 Å². The molecule has 8 heteroatoms. The van der Waals surface area contributed by atoms with Gasteiger partial charge in [-0.15, -0.1) is 0 Å². The molecule has 5 nitrogen and oxygen atoms in total. The summed E-state index contributed by atoms with van der Waals surface area (Å²) in [5.74, 6) is 0.583. The second-order valence-electron chi connectivity index (χ2n) is 4.38. The van der Waals surface area contributed by atoms with Crippen LogP contribution in [0.5, 0.6) is 0 Å². The molecule has 0 bridgehead atoms. The van der Waals surface area contributed by atoms with E-state index < -0.39 is 6.43 Å². The number of hydrogen-bond donors (Lipinski definition) is 1. The molecule has 2 heterocycles. The van der Waals surface area contributed by atoms with Crippen molar-refractivity contribution in [1.29, 1.82) is 0 Å². The first kappa shape index (κ1) is 15.8. The number of aryl methyl sites for hydroxylation is 2. The van der Waals surface area contributed by atoms with Crippen LogP contribution < -0.4 is 5.73 Å². The van der Waals surface area contributed by atoms with Gasteiger partial charge in [0.25, 0.3) is 6.43 Å². The molecule has 0 aliphatic carbocycles. The Morgan fingerprint density at radius 2 is 2.14 bits per heavy atom. The molecule has 0 saturated carbocycles. The molecule has 0 aliphatic rings. The topological polar surface area (TPSA) is 69.6 Å². The zero-order valence-electron chi connectivity index (χ0n) is 11.9. The van der Waals surface area contributed by atoms with Gasteiger partial charge in [0.2, 0.25) is 0 Å².